The maximum Gasteiger partial charge on any atom is 0.329 e. The number of carbonyl (C=O) groups is 14. The van der Waals surface area contributed by atoms with Crippen molar-refractivity contribution in [3.05, 3.63) is 11.8 Å². The molecule has 3 heterocycles. The molecule has 0 radical (unpaired) electrons. The number of allylic oxidation sites excluding steroid dienone is 1. The molecular weight excluding hydrogens is 1350 g/mol. The largest absolute Gasteiger partial charge is 0.458 e. The lowest BCUT2D eigenvalue weighted by atomic mass is 9.84. The molecule has 0 unspecified atom stereocenters. The molecule has 1 saturated carbocycles. The van der Waals surface area contributed by atoms with Crippen LogP contribution in [0.25, 0.3) is 0 Å². The number of carbonyl (C=O) groups excluding carboxylic acids is 14. The zero-order valence-corrected chi connectivity index (χ0v) is 65.8. The number of hydrogen-bond donors (Lipinski definition) is 13. The van der Waals surface area contributed by atoms with Gasteiger partial charge in [-0.05, 0) is 132 Å². The van der Waals surface area contributed by atoms with Crippen molar-refractivity contribution in [2.24, 2.45) is 59.0 Å². The van der Waals surface area contributed by atoms with E-state index in [0.29, 0.717) is 32.1 Å². The van der Waals surface area contributed by atoms with Gasteiger partial charge >= 0.3 is 5.97 Å². The van der Waals surface area contributed by atoms with Crippen molar-refractivity contribution >= 4 is 82.8 Å². The van der Waals surface area contributed by atoms with Crippen LogP contribution in [0.2, 0.25) is 0 Å². The van der Waals surface area contributed by atoms with Crippen LogP contribution < -0.4 is 64.2 Å². The smallest absolute Gasteiger partial charge is 0.329 e. The van der Waals surface area contributed by atoms with E-state index >= 15 is 14.4 Å². The number of likely N-dealkylation sites (tertiary alicyclic amines) is 1. The molecule has 0 aromatic rings. The number of ether oxygens (including phenoxy) is 1. The first kappa shape index (κ1) is 89.6. The number of esters is 1. The van der Waals surface area contributed by atoms with Gasteiger partial charge in [-0.2, -0.15) is 0 Å². The number of nitrogens with zero attached hydrogens (tertiary/aromatic N) is 2. The van der Waals surface area contributed by atoms with Gasteiger partial charge in [0.15, 0.2) is 0 Å². The molecule has 3 saturated heterocycles. The Bertz CT molecular complexity index is 3070. The van der Waals surface area contributed by atoms with Crippen LogP contribution >= 0.6 is 0 Å². The number of aliphatic hydroxyl groups excluding tert-OH is 1. The van der Waals surface area contributed by atoms with Crippen LogP contribution in [0.1, 0.15) is 221 Å². The fourth-order valence-electron chi connectivity index (χ4n) is 13.9. The van der Waals surface area contributed by atoms with Gasteiger partial charge in [-0.3, -0.25) is 62.3 Å². The number of rotatable bonds is 31. The molecule has 0 aromatic heterocycles. The number of fused-ring (bicyclic) bond motifs is 3. The van der Waals surface area contributed by atoms with Crippen LogP contribution in [0.3, 0.4) is 0 Å². The molecule has 105 heavy (non-hydrogen) atoms. The number of aliphatic hydroxyl groups is 1. The second-order valence-corrected chi connectivity index (χ2v) is 31.3. The fourth-order valence-corrected chi connectivity index (χ4v) is 13.9. The van der Waals surface area contributed by atoms with E-state index in [-0.39, 0.29) is 74.7 Å². The first-order valence-corrected chi connectivity index (χ1v) is 38.5. The first-order chi connectivity index (χ1) is 49.3. The van der Waals surface area contributed by atoms with Gasteiger partial charge in [0.2, 0.25) is 70.9 Å². The average Bonchev–Trinajstić information content (AvgIpc) is 1.64. The predicted octanol–water partition coefficient (Wildman–Crippen LogP) is 2.27. The van der Waals surface area contributed by atoms with Crippen molar-refractivity contribution in [2.45, 2.75) is 312 Å². The van der Waals surface area contributed by atoms with E-state index in [9.17, 15) is 57.8 Å². The third-order valence-electron chi connectivity index (χ3n) is 21.3. The minimum atomic E-state index is -1.81. The quantitative estimate of drug-likeness (QED) is 0.0350. The highest BCUT2D eigenvalue weighted by atomic mass is 16.5. The molecule has 0 aromatic carbocycles. The molecule has 0 spiro atoms. The Morgan fingerprint density at radius 3 is 1.72 bits per heavy atom. The normalized spacial score (nSPS) is 25.5. The maximum atomic E-state index is 15.1. The molecule has 30 heteroatoms. The molecule has 3 aliphatic heterocycles. The Morgan fingerprint density at radius 1 is 0.610 bits per heavy atom. The lowest BCUT2D eigenvalue weighted by molar-refractivity contribution is -0.157. The molecule has 4 rings (SSSR count). The van der Waals surface area contributed by atoms with E-state index in [4.69, 9.17) is 10.5 Å². The molecule has 19 atom stereocenters. The van der Waals surface area contributed by atoms with Gasteiger partial charge in [-0.1, -0.05) is 149 Å². The second kappa shape index (κ2) is 42.0. The van der Waals surface area contributed by atoms with Crippen LogP contribution in [-0.4, -0.2) is 202 Å². The van der Waals surface area contributed by atoms with E-state index in [2.05, 4.69) is 58.5 Å². The topological polar surface area (TPSA) is 433 Å². The molecule has 594 valence electrons. The molecule has 4 aliphatic rings. The van der Waals surface area contributed by atoms with Crippen LogP contribution in [0, 0.1) is 53.3 Å². The van der Waals surface area contributed by atoms with Crippen molar-refractivity contribution in [2.75, 3.05) is 13.1 Å². The van der Waals surface area contributed by atoms with Gasteiger partial charge in [0.05, 0.1) is 6.10 Å². The summed E-state index contributed by atoms with van der Waals surface area (Å²) in [7, 11) is 0. The van der Waals surface area contributed by atoms with E-state index in [1.54, 1.807) is 102 Å². The van der Waals surface area contributed by atoms with E-state index < -0.39 is 203 Å². The fraction of sp³-hybridized carbons (Fsp3) is 0.787. The average molecular weight is 1480 g/mol. The van der Waals surface area contributed by atoms with Gasteiger partial charge in [-0.15, -0.1) is 0 Å². The monoisotopic (exact) mass is 1480 g/mol. The molecule has 30 nitrogen and oxygen atoms in total. The SMILES string of the molecule is C/C=C1\NC(=O)[C@@H]2C[C@@H]3CCCC[C@@H]3N2C(=O)[C@@H](C(C)C)NC(=O)[C@@H]([C@H](C)CC)NC(=O)[C@H](NC(=O)[C@H](NC(=O)[C@H](CCCN)NC(=O)[C@H]2CCCN2C(=O)[C@H](NC(=O)[C@@H](NC(=O)[C@@H](NC(=O)[C@H](NC(=O)CC[C@@H](C)CC)C(C)C)[C@@H](C)O)C(C)C)C(C)C)[C@H](C)CC)[C@H](C)OC(=O)[C@H](C(C)C)NC1=O. The zero-order valence-electron chi connectivity index (χ0n) is 65.8. The molecule has 13 amide bonds. The van der Waals surface area contributed by atoms with Gasteiger partial charge in [0.25, 0.3) is 5.91 Å². The lowest BCUT2D eigenvalue weighted by Gasteiger charge is -2.37. The standard InChI is InChI=1S/C75H128N14O16/c1-20-42(15)32-33-53(91)79-54(37(5)6)67(96)86-61(45(18)90)71(100)80-55(38(7)8)68(97)81-56(39(9)10)73(102)88-35-27-31-51(88)65(94)78-49(29-26-34-76)64(93)84-59(43(16)21-2)70(99)87-62-46(19)105-75(104)58(41(13)14)83-63(92)48(23-4)77-66(95)52-36-47-28-24-25-30-50(47)89(52)74(103)57(40(11)12)82-69(98)60(44(17)22-3)85-72(62)101/h23,37-47,49-52,54-62,90H,20-22,24-36,76H2,1-19H3,(H,77,95)(H,78,94)(H,79,91)(H,80,100)(H,81,97)(H,82,98)(H,83,92)(H,84,93)(H,85,101)(H,86,96)(H,87,99)/b48-23-/t42-,43+,44+,45+,46-,47-,49-,50-,51+,52-,54+,55-,56+,57+,58-,59+,60+,61-,62+/m0/s1. The molecule has 14 N–H and O–H groups in total. The number of cyclic esters (lactones) is 1. The lowest BCUT2D eigenvalue weighted by Crippen LogP contribution is -2.64. The zero-order chi connectivity index (χ0) is 79.2. The van der Waals surface area contributed by atoms with Crippen molar-refractivity contribution < 1.29 is 77.0 Å². The Morgan fingerprint density at radius 2 is 1.17 bits per heavy atom. The van der Waals surface area contributed by atoms with Crippen molar-refractivity contribution in [1.29, 1.82) is 0 Å². The number of nitrogens with one attached hydrogen (secondary N) is 11. The molecule has 4 fully saturated rings. The van der Waals surface area contributed by atoms with E-state index in [1.807, 2.05) is 13.8 Å². The summed E-state index contributed by atoms with van der Waals surface area (Å²) in [5.41, 5.74) is 5.78. The van der Waals surface area contributed by atoms with Crippen LogP contribution in [0.5, 0.6) is 0 Å². The van der Waals surface area contributed by atoms with Crippen LogP contribution in [-0.2, 0) is 71.9 Å². The Balaban J connectivity index is 1.64. The van der Waals surface area contributed by atoms with Crippen molar-refractivity contribution in [1.82, 2.24) is 68.3 Å². The second-order valence-electron chi connectivity index (χ2n) is 31.3. The van der Waals surface area contributed by atoms with E-state index in [1.165, 1.54) is 31.7 Å². The summed E-state index contributed by atoms with van der Waals surface area (Å²) in [4.78, 5) is 205. The summed E-state index contributed by atoms with van der Waals surface area (Å²) < 4.78 is 5.99. The molecule has 1 aliphatic carbocycles. The van der Waals surface area contributed by atoms with Gasteiger partial charge < -0.3 is 83.9 Å². The molecule has 0 bridgehead atoms. The van der Waals surface area contributed by atoms with Crippen LogP contribution in [0.15, 0.2) is 11.8 Å². The highest BCUT2D eigenvalue weighted by Gasteiger charge is 2.51. The van der Waals surface area contributed by atoms with Gasteiger partial charge in [-0.25, -0.2) is 4.79 Å². The third kappa shape index (κ3) is 24.6. The predicted molar refractivity (Wildman–Crippen MR) is 394 cm³/mol. The minimum Gasteiger partial charge on any atom is -0.458 e. The summed E-state index contributed by atoms with van der Waals surface area (Å²) in [6.45, 7) is 32.1. The number of amides is 13. The summed E-state index contributed by atoms with van der Waals surface area (Å²) in [5, 5.41) is 40.9. The van der Waals surface area contributed by atoms with E-state index in [0.717, 1.165) is 25.7 Å². The highest BCUT2D eigenvalue weighted by Crippen LogP contribution is 2.41. The van der Waals surface area contributed by atoms with Crippen molar-refractivity contribution in [3.8, 4) is 0 Å². The summed E-state index contributed by atoms with van der Waals surface area (Å²) in [5.74, 6) is -14.4. The Labute approximate surface area is 621 Å². The summed E-state index contributed by atoms with van der Waals surface area (Å²) >= 11 is 0. The third-order valence-corrected chi connectivity index (χ3v) is 21.3. The first-order valence-electron chi connectivity index (χ1n) is 38.5. The summed E-state index contributed by atoms with van der Waals surface area (Å²) in [6.07, 6.45) is 4.68. The van der Waals surface area contributed by atoms with Gasteiger partial charge in [0.1, 0.15) is 84.3 Å². The van der Waals surface area contributed by atoms with Crippen LogP contribution in [0.4, 0.5) is 0 Å². The summed E-state index contributed by atoms with van der Waals surface area (Å²) in [6, 6.07) is -16.2. The Hall–Kier alpha value is -7.76. The minimum absolute atomic E-state index is 0.0319. The molecular formula is C75H128N14O16. The van der Waals surface area contributed by atoms with Crippen molar-refractivity contribution in [3.63, 3.8) is 0 Å². The maximum absolute atomic E-state index is 15.1. The van der Waals surface area contributed by atoms with Gasteiger partial charge in [0, 0.05) is 19.0 Å². The highest BCUT2D eigenvalue weighted by molar-refractivity contribution is 6.03. The number of nitrogens with two attached hydrogens (primary N) is 1. The Kier molecular flexibility index (Phi) is 35.8. The number of hydrogen-bond acceptors (Lipinski definition) is 17.